The van der Waals surface area contributed by atoms with Gasteiger partial charge in [-0.15, -0.1) is 10.2 Å². The van der Waals surface area contributed by atoms with Gasteiger partial charge in [-0.2, -0.15) is 18.2 Å². The number of halogens is 5. The average molecular weight is 540 g/mol. The Bertz CT molecular complexity index is 1440. The van der Waals surface area contributed by atoms with E-state index in [-0.39, 0.29) is 46.1 Å². The first-order chi connectivity index (χ1) is 18.2. The van der Waals surface area contributed by atoms with Crippen molar-refractivity contribution >= 4 is 22.5 Å². The van der Waals surface area contributed by atoms with Crippen LogP contribution in [0.1, 0.15) is 6.42 Å². The van der Waals surface area contributed by atoms with Gasteiger partial charge in [0.25, 0.3) is 0 Å². The van der Waals surface area contributed by atoms with Crippen LogP contribution < -0.4 is 10.1 Å². The first-order valence-electron chi connectivity index (χ1n) is 11.8. The van der Waals surface area contributed by atoms with Crippen LogP contribution in [0.25, 0.3) is 27.7 Å². The molecule has 4 heterocycles. The quantitative estimate of drug-likeness (QED) is 0.340. The number of rotatable bonds is 8. The summed E-state index contributed by atoms with van der Waals surface area (Å²) in [4.78, 5) is 6.29. The van der Waals surface area contributed by atoms with Gasteiger partial charge in [-0.25, -0.2) is 18.0 Å². The SMILES string of the molecule is COCCN1CC[C@H](Nc2nc(OC)c3c(-c4ccc5nnn(CC(F)(F)F)c5c4)c(F)cn3n2)[C@@H](F)C1. The van der Waals surface area contributed by atoms with E-state index in [9.17, 15) is 17.6 Å². The highest BCUT2D eigenvalue weighted by Gasteiger charge is 2.31. The van der Waals surface area contributed by atoms with Gasteiger partial charge in [0.1, 0.15) is 23.7 Å². The Hall–Kier alpha value is -3.59. The number of ether oxygens (including phenoxy) is 2. The Morgan fingerprint density at radius 2 is 2.03 bits per heavy atom. The maximum atomic E-state index is 15.2. The molecule has 0 saturated carbocycles. The second kappa shape index (κ2) is 10.3. The maximum absolute atomic E-state index is 15.2. The highest BCUT2D eigenvalue weighted by atomic mass is 19.4. The molecule has 2 atom stereocenters. The summed E-state index contributed by atoms with van der Waals surface area (Å²) < 4.78 is 81.4. The molecule has 1 N–H and O–H groups in total. The number of alkyl halides is 4. The predicted octanol–water partition coefficient (Wildman–Crippen LogP) is 3.32. The molecule has 1 saturated heterocycles. The average Bonchev–Trinajstić information content (AvgIpc) is 3.41. The van der Waals surface area contributed by atoms with Crippen LogP contribution in [0.2, 0.25) is 0 Å². The lowest BCUT2D eigenvalue weighted by Crippen LogP contribution is -2.48. The summed E-state index contributed by atoms with van der Waals surface area (Å²) in [5.74, 6) is -0.632. The van der Waals surface area contributed by atoms with Crippen molar-refractivity contribution in [1.29, 1.82) is 0 Å². The molecule has 1 aromatic carbocycles. The third-order valence-corrected chi connectivity index (χ3v) is 6.43. The summed E-state index contributed by atoms with van der Waals surface area (Å²) in [5.41, 5.74) is 0.770. The van der Waals surface area contributed by atoms with Crippen LogP contribution in [0.4, 0.5) is 27.9 Å². The molecule has 0 amide bonds. The van der Waals surface area contributed by atoms with E-state index in [1.54, 1.807) is 7.11 Å². The van der Waals surface area contributed by atoms with Gasteiger partial charge >= 0.3 is 6.18 Å². The van der Waals surface area contributed by atoms with Crippen LogP contribution in [-0.2, 0) is 11.3 Å². The summed E-state index contributed by atoms with van der Waals surface area (Å²) in [6, 6.07) is 3.79. The van der Waals surface area contributed by atoms with Crippen molar-refractivity contribution in [2.75, 3.05) is 45.8 Å². The number of fused-ring (bicyclic) bond motifs is 2. The standard InChI is InChI=1S/C23H25F5N8O2/c1-37-8-7-34-6-5-16(14(24)10-34)29-22-30-21(38-2)20-19(15(25)11-35(20)32-22)13-3-4-17-18(9-13)36(33-31-17)12-23(26,27)28/h3-4,9,11,14,16H,5-8,10,12H2,1-2H3,(H,29,32)/t14-,16-/m0/s1. The lowest BCUT2D eigenvalue weighted by Gasteiger charge is -2.34. The Balaban J connectivity index is 1.46. The van der Waals surface area contributed by atoms with E-state index < -0.39 is 30.8 Å². The molecule has 0 aliphatic carbocycles. The number of benzene rings is 1. The van der Waals surface area contributed by atoms with Gasteiger partial charge in [-0.05, 0) is 24.1 Å². The number of hydrogen-bond donors (Lipinski definition) is 1. The van der Waals surface area contributed by atoms with Crippen molar-refractivity contribution in [2.45, 2.75) is 31.4 Å². The molecule has 3 aromatic heterocycles. The van der Waals surface area contributed by atoms with Gasteiger partial charge in [-0.1, -0.05) is 11.3 Å². The zero-order valence-electron chi connectivity index (χ0n) is 20.5. The van der Waals surface area contributed by atoms with Gasteiger partial charge in [-0.3, -0.25) is 4.90 Å². The van der Waals surface area contributed by atoms with Crippen molar-refractivity contribution in [3.63, 3.8) is 0 Å². The summed E-state index contributed by atoms with van der Waals surface area (Å²) in [7, 11) is 2.94. The van der Waals surface area contributed by atoms with Crippen molar-refractivity contribution in [3.05, 3.63) is 30.2 Å². The number of nitrogens with one attached hydrogen (secondary N) is 1. The van der Waals surface area contributed by atoms with Crippen LogP contribution in [-0.4, -0.2) is 93.3 Å². The van der Waals surface area contributed by atoms with E-state index in [1.807, 2.05) is 4.90 Å². The Morgan fingerprint density at radius 1 is 1.21 bits per heavy atom. The molecule has 0 bridgehead atoms. The zero-order valence-corrected chi connectivity index (χ0v) is 20.5. The Morgan fingerprint density at radius 3 is 2.74 bits per heavy atom. The van der Waals surface area contributed by atoms with E-state index in [0.29, 0.717) is 30.8 Å². The van der Waals surface area contributed by atoms with Crippen LogP contribution in [0, 0.1) is 5.82 Å². The molecule has 38 heavy (non-hydrogen) atoms. The third kappa shape index (κ3) is 5.20. The number of anilines is 1. The van der Waals surface area contributed by atoms with E-state index in [4.69, 9.17) is 9.47 Å². The molecular weight excluding hydrogens is 515 g/mol. The number of methoxy groups -OCH3 is 2. The molecule has 4 aromatic rings. The Labute approximate surface area is 213 Å². The second-order valence-electron chi connectivity index (χ2n) is 9.00. The summed E-state index contributed by atoms with van der Waals surface area (Å²) in [6.07, 6.45) is -4.09. The molecule has 0 radical (unpaired) electrons. The summed E-state index contributed by atoms with van der Waals surface area (Å²) in [5, 5.41) is 14.6. The molecule has 0 spiro atoms. The largest absolute Gasteiger partial charge is 0.479 e. The van der Waals surface area contributed by atoms with Crippen LogP contribution >= 0.6 is 0 Å². The van der Waals surface area contributed by atoms with Crippen molar-refractivity contribution in [2.24, 2.45) is 0 Å². The fraction of sp³-hybridized carbons (Fsp3) is 0.478. The normalized spacial score (nSPS) is 18.9. The first-order valence-corrected chi connectivity index (χ1v) is 11.8. The molecule has 15 heteroatoms. The number of aromatic nitrogens is 6. The van der Waals surface area contributed by atoms with E-state index >= 15 is 4.39 Å². The minimum Gasteiger partial charge on any atom is -0.479 e. The fourth-order valence-corrected chi connectivity index (χ4v) is 4.63. The minimum atomic E-state index is -4.51. The number of piperidine rings is 1. The maximum Gasteiger partial charge on any atom is 0.408 e. The van der Waals surface area contributed by atoms with Crippen LogP contribution in [0.15, 0.2) is 24.4 Å². The van der Waals surface area contributed by atoms with Gasteiger partial charge in [0.15, 0.2) is 5.82 Å². The molecule has 1 aliphatic heterocycles. The van der Waals surface area contributed by atoms with Gasteiger partial charge < -0.3 is 14.8 Å². The number of hydrogen-bond acceptors (Lipinski definition) is 8. The minimum absolute atomic E-state index is 0.0105. The number of nitrogens with zero attached hydrogens (tertiary/aromatic N) is 7. The fourth-order valence-electron chi connectivity index (χ4n) is 4.63. The molecule has 1 fully saturated rings. The first kappa shape index (κ1) is 26.0. The lowest BCUT2D eigenvalue weighted by atomic mass is 10.0. The zero-order chi connectivity index (χ0) is 27.0. The van der Waals surface area contributed by atoms with Crippen molar-refractivity contribution in [1.82, 2.24) is 34.5 Å². The Kier molecular flexibility index (Phi) is 7.05. The van der Waals surface area contributed by atoms with E-state index in [1.165, 1.54) is 29.8 Å². The van der Waals surface area contributed by atoms with Crippen LogP contribution in [0.3, 0.4) is 0 Å². The lowest BCUT2D eigenvalue weighted by molar-refractivity contribution is -0.142. The third-order valence-electron chi connectivity index (χ3n) is 6.43. The van der Waals surface area contributed by atoms with Crippen LogP contribution in [0.5, 0.6) is 5.88 Å². The van der Waals surface area contributed by atoms with Gasteiger partial charge in [0.05, 0.1) is 37.0 Å². The molecule has 1 aliphatic rings. The molecular formula is C23H25F5N8O2. The van der Waals surface area contributed by atoms with Gasteiger partial charge in [0.2, 0.25) is 11.8 Å². The monoisotopic (exact) mass is 540 g/mol. The highest BCUT2D eigenvalue weighted by Crippen LogP contribution is 2.35. The summed E-state index contributed by atoms with van der Waals surface area (Å²) in [6.45, 7) is 0.687. The second-order valence-corrected chi connectivity index (χ2v) is 9.00. The topological polar surface area (TPSA) is 94.6 Å². The molecule has 5 rings (SSSR count). The molecule has 10 nitrogen and oxygen atoms in total. The van der Waals surface area contributed by atoms with E-state index in [0.717, 1.165) is 6.20 Å². The predicted molar refractivity (Wildman–Crippen MR) is 127 cm³/mol. The summed E-state index contributed by atoms with van der Waals surface area (Å²) >= 11 is 0. The number of likely N-dealkylation sites (tertiary alicyclic amines) is 1. The van der Waals surface area contributed by atoms with Crippen molar-refractivity contribution < 1.29 is 31.4 Å². The highest BCUT2D eigenvalue weighted by molar-refractivity contribution is 5.89. The molecule has 0 unspecified atom stereocenters. The smallest absolute Gasteiger partial charge is 0.408 e. The van der Waals surface area contributed by atoms with E-state index in [2.05, 4.69) is 25.7 Å². The van der Waals surface area contributed by atoms with Gasteiger partial charge in [0, 0.05) is 26.7 Å². The molecule has 204 valence electrons. The van der Waals surface area contributed by atoms with Crippen molar-refractivity contribution in [3.8, 4) is 17.0 Å².